The summed E-state index contributed by atoms with van der Waals surface area (Å²) in [7, 11) is 3.72. The summed E-state index contributed by atoms with van der Waals surface area (Å²) in [6.45, 7) is 1.44. The van der Waals surface area contributed by atoms with Gasteiger partial charge in [-0.25, -0.2) is 4.98 Å². The third-order valence-electron chi connectivity index (χ3n) is 3.85. The molecule has 0 aliphatic rings. The van der Waals surface area contributed by atoms with Gasteiger partial charge in [-0.05, 0) is 42.5 Å². The van der Waals surface area contributed by atoms with Crippen molar-refractivity contribution in [2.45, 2.75) is 13.1 Å². The third-order valence-corrected chi connectivity index (χ3v) is 4.09. The fourth-order valence-electron chi connectivity index (χ4n) is 2.68. The van der Waals surface area contributed by atoms with E-state index in [0.717, 1.165) is 12.3 Å². The summed E-state index contributed by atoms with van der Waals surface area (Å²) in [4.78, 5) is 20.8. The molecule has 2 N–H and O–H groups in total. The van der Waals surface area contributed by atoms with E-state index in [4.69, 9.17) is 16.3 Å². The number of hydrogen-bond donors (Lipinski definition) is 2. The predicted molar refractivity (Wildman–Crippen MR) is 94.7 cm³/mol. The van der Waals surface area contributed by atoms with Crippen LogP contribution in [0.2, 0.25) is 5.02 Å². The van der Waals surface area contributed by atoms with Gasteiger partial charge in [0.15, 0.2) is 5.82 Å². The second-order valence-corrected chi connectivity index (χ2v) is 6.27. The first-order valence-electron chi connectivity index (χ1n) is 7.68. The SMILES string of the molecule is COc1ccc(C[NH+](C)Cc2nc3cc(Cl)ccc3c(=O)[nH]2)cc1. The van der Waals surface area contributed by atoms with Crippen molar-refractivity contribution >= 4 is 22.5 Å². The van der Waals surface area contributed by atoms with Crippen LogP contribution in [-0.2, 0) is 13.1 Å². The third kappa shape index (κ3) is 3.75. The Kier molecular flexibility index (Phi) is 4.83. The van der Waals surface area contributed by atoms with Crippen LogP contribution in [0.5, 0.6) is 5.75 Å². The molecule has 0 aliphatic heterocycles. The average Bonchev–Trinajstić information content (AvgIpc) is 2.55. The van der Waals surface area contributed by atoms with Gasteiger partial charge >= 0.3 is 0 Å². The van der Waals surface area contributed by atoms with E-state index in [-0.39, 0.29) is 5.56 Å². The zero-order valence-electron chi connectivity index (χ0n) is 13.6. The second-order valence-electron chi connectivity index (χ2n) is 5.83. The molecule has 0 bridgehead atoms. The van der Waals surface area contributed by atoms with Crippen LogP contribution in [0.15, 0.2) is 47.3 Å². The van der Waals surface area contributed by atoms with Crippen molar-refractivity contribution in [1.82, 2.24) is 9.97 Å². The number of ether oxygens (including phenoxy) is 1. The molecular weight excluding hydrogens is 326 g/mol. The van der Waals surface area contributed by atoms with Gasteiger partial charge in [0.25, 0.3) is 5.56 Å². The highest BCUT2D eigenvalue weighted by Gasteiger charge is 2.10. The van der Waals surface area contributed by atoms with E-state index in [1.165, 1.54) is 10.5 Å². The number of hydrogen-bond acceptors (Lipinski definition) is 3. The van der Waals surface area contributed by atoms with Crippen LogP contribution < -0.4 is 15.2 Å². The van der Waals surface area contributed by atoms with Gasteiger partial charge in [-0.15, -0.1) is 0 Å². The van der Waals surface area contributed by atoms with Gasteiger partial charge in [-0.2, -0.15) is 0 Å². The van der Waals surface area contributed by atoms with E-state index >= 15 is 0 Å². The van der Waals surface area contributed by atoms with Crippen molar-refractivity contribution in [3.8, 4) is 5.75 Å². The minimum atomic E-state index is -0.135. The number of nitrogens with zero attached hydrogens (tertiary/aromatic N) is 1. The van der Waals surface area contributed by atoms with Crippen LogP contribution in [0.3, 0.4) is 0 Å². The molecule has 0 amide bonds. The molecular formula is C18H19ClN3O2+. The van der Waals surface area contributed by atoms with E-state index in [1.54, 1.807) is 25.3 Å². The quantitative estimate of drug-likeness (QED) is 0.742. The lowest BCUT2D eigenvalue weighted by molar-refractivity contribution is -0.908. The van der Waals surface area contributed by atoms with Crippen LogP contribution in [0.4, 0.5) is 0 Å². The van der Waals surface area contributed by atoms with Gasteiger partial charge in [0, 0.05) is 10.6 Å². The molecule has 0 saturated carbocycles. The number of rotatable bonds is 5. The predicted octanol–water partition coefficient (Wildman–Crippen LogP) is 1.80. The molecule has 3 aromatic rings. The monoisotopic (exact) mass is 344 g/mol. The Morgan fingerprint density at radius 3 is 2.62 bits per heavy atom. The zero-order valence-corrected chi connectivity index (χ0v) is 14.4. The van der Waals surface area contributed by atoms with Crippen LogP contribution in [0.25, 0.3) is 10.9 Å². The molecule has 1 unspecified atom stereocenters. The number of benzene rings is 2. The molecule has 0 aliphatic carbocycles. The second kappa shape index (κ2) is 7.03. The van der Waals surface area contributed by atoms with E-state index in [9.17, 15) is 4.79 Å². The maximum atomic E-state index is 12.2. The molecule has 6 heteroatoms. The van der Waals surface area contributed by atoms with Gasteiger partial charge < -0.3 is 14.6 Å². The summed E-state index contributed by atoms with van der Waals surface area (Å²) < 4.78 is 5.17. The molecule has 0 fully saturated rings. The largest absolute Gasteiger partial charge is 0.497 e. The lowest BCUT2D eigenvalue weighted by Gasteiger charge is -2.14. The topological polar surface area (TPSA) is 59.4 Å². The summed E-state index contributed by atoms with van der Waals surface area (Å²) in [5.41, 5.74) is 1.68. The lowest BCUT2D eigenvalue weighted by Crippen LogP contribution is -3.06. The van der Waals surface area contributed by atoms with Crippen molar-refractivity contribution in [3.05, 3.63) is 69.2 Å². The Morgan fingerprint density at radius 2 is 1.92 bits per heavy atom. The van der Waals surface area contributed by atoms with Crippen molar-refractivity contribution in [3.63, 3.8) is 0 Å². The minimum Gasteiger partial charge on any atom is -0.497 e. The molecule has 1 atom stereocenters. The van der Waals surface area contributed by atoms with Crippen molar-refractivity contribution in [2.24, 2.45) is 0 Å². The van der Waals surface area contributed by atoms with Gasteiger partial charge in [0.1, 0.15) is 18.8 Å². The van der Waals surface area contributed by atoms with Crippen LogP contribution >= 0.6 is 11.6 Å². The Balaban J connectivity index is 1.77. The van der Waals surface area contributed by atoms with Gasteiger partial charge in [-0.1, -0.05) is 11.6 Å². The molecule has 3 rings (SSSR count). The Hall–Kier alpha value is -2.37. The highest BCUT2D eigenvalue weighted by atomic mass is 35.5. The molecule has 0 spiro atoms. The Morgan fingerprint density at radius 1 is 1.17 bits per heavy atom. The maximum absolute atomic E-state index is 12.2. The van der Waals surface area contributed by atoms with Crippen molar-refractivity contribution in [2.75, 3.05) is 14.2 Å². The summed E-state index contributed by atoms with van der Waals surface area (Å²) >= 11 is 5.99. The molecule has 1 heterocycles. The molecule has 0 radical (unpaired) electrons. The first-order chi connectivity index (χ1) is 11.5. The molecule has 0 saturated heterocycles. The van der Waals surface area contributed by atoms with E-state index in [1.807, 2.05) is 24.3 Å². The number of halogens is 1. The van der Waals surface area contributed by atoms with Crippen molar-refractivity contribution < 1.29 is 9.64 Å². The molecule has 124 valence electrons. The fourth-order valence-corrected chi connectivity index (χ4v) is 2.85. The zero-order chi connectivity index (χ0) is 17.1. The number of aromatic amines is 1. The highest BCUT2D eigenvalue weighted by molar-refractivity contribution is 6.31. The standard InChI is InChI=1S/C18H18ClN3O2/c1-22(10-12-3-6-14(24-2)7-4-12)11-17-20-16-9-13(19)5-8-15(16)18(23)21-17/h3-9H,10-11H2,1-2H3,(H,20,21,23)/p+1. The summed E-state index contributed by atoms with van der Waals surface area (Å²) in [5, 5.41) is 1.13. The number of aromatic nitrogens is 2. The fraction of sp³-hybridized carbons (Fsp3) is 0.222. The Labute approximate surface area is 144 Å². The van der Waals surface area contributed by atoms with Gasteiger partial charge in [-0.3, -0.25) is 4.79 Å². The number of fused-ring (bicyclic) bond motifs is 1. The van der Waals surface area contributed by atoms with Crippen molar-refractivity contribution in [1.29, 1.82) is 0 Å². The van der Waals surface area contributed by atoms with Gasteiger partial charge in [0.05, 0.1) is 25.1 Å². The van der Waals surface area contributed by atoms with Crippen LogP contribution in [0.1, 0.15) is 11.4 Å². The number of H-pyrrole nitrogens is 1. The molecule has 2 aromatic carbocycles. The van der Waals surface area contributed by atoms with Gasteiger partial charge in [0.2, 0.25) is 0 Å². The number of nitrogens with one attached hydrogen (secondary N) is 2. The van der Waals surface area contributed by atoms with E-state index in [2.05, 4.69) is 17.0 Å². The molecule has 1 aromatic heterocycles. The number of quaternary nitrogens is 1. The maximum Gasteiger partial charge on any atom is 0.258 e. The minimum absolute atomic E-state index is 0.135. The lowest BCUT2D eigenvalue weighted by atomic mass is 10.2. The normalized spacial score (nSPS) is 12.3. The Bertz CT molecular complexity index is 906. The van der Waals surface area contributed by atoms with Crippen LogP contribution in [0, 0.1) is 0 Å². The summed E-state index contributed by atoms with van der Waals surface area (Å²) in [5.74, 6) is 1.49. The summed E-state index contributed by atoms with van der Waals surface area (Å²) in [6.07, 6.45) is 0. The molecule has 24 heavy (non-hydrogen) atoms. The van der Waals surface area contributed by atoms with E-state index < -0.39 is 0 Å². The smallest absolute Gasteiger partial charge is 0.258 e. The average molecular weight is 345 g/mol. The summed E-state index contributed by atoms with van der Waals surface area (Å²) in [6, 6.07) is 13.1. The first-order valence-corrected chi connectivity index (χ1v) is 8.05. The highest BCUT2D eigenvalue weighted by Crippen LogP contribution is 2.14. The van der Waals surface area contributed by atoms with E-state index in [0.29, 0.717) is 28.3 Å². The first kappa shape index (κ1) is 16.5. The number of methoxy groups -OCH3 is 1. The molecule has 5 nitrogen and oxygen atoms in total. The van der Waals surface area contributed by atoms with Crippen LogP contribution in [-0.4, -0.2) is 24.1 Å².